The first kappa shape index (κ1) is 13.8. The highest BCUT2D eigenvalue weighted by Gasteiger charge is 2.11. The molecule has 2 rings (SSSR count). The van der Waals surface area contributed by atoms with Gasteiger partial charge in [0.2, 0.25) is 5.95 Å². The fourth-order valence-electron chi connectivity index (χ4n) is 1.60. The highest BCUT2D eigenvalue weighted by atomic mass is 35.5. The fourth-order valence-corrected chi connectivity index (χ4v) is 2.73. The van der Waals surface area contributed by atoms with E-state index in [4.69, 9.17) is 11.6 Å². The molecule has 0 spiro atoms. The van der Waals surface area contributed by atoms with Crippen LogP contribution in [0.15, 0.2) is 35.4 Å². The minimum Gasteiger partial charge on any atom is -0.324 e. The molecule has 0 saturated carbocycles. The van der Waals surface area contributed by atoms with Crippen LogP contribution in [0.1, 0.15) is 5.56 Å². The van der Waals surface area contributed by atoms with Gasteiger partial charge in [-0.3, -0.25) is 0 Å². The predicted octanol–water partition coefficient (Wildman–Crippen LogP) is 2.59. The first-order chi connectivity index (χ1) is 8.86. The largest absolute Gasteiger partial charge is 0.324 e. The Hall–Kier alpha value is -1.66. The van der Waals surface area contributed by atoms with Crippen LogP contribution >= 0.6 is 11.6 Å². The molecule has 0 amide bonds. The standard InChI is InChI=1S/C12H12ClN3O2S/c1-8-3-4-9(7-10(8)19(2,17)18)15-12-14-6-5-11(13)16-12/h3-7H,1-2H3,(H,14,15,16). The number of halogens is 1. The lowest BCUT2D eigenvalue weighted by molar-refractivity contribution is 0.601. The average Bonchev–Trinajstić information content (AvgIpc) is 2.30. The normalized spacial score (nSPS) is 11.3. The smallest absolute Gasteiger partial charge is 0.228 e. The van der Waals surface area contributed by atoms with Crippen molar-refractivity contribution in [3.05, 3.63) is 41.2 Å². The molecule has 1 heterocycles. The Balaban J connectivity index is 2.37. The van der Waals surface area contributed by atoms with Gasteiger partial charge in [-0.05, 0) is 30.7 Å². The van der Waals surface area contributed by atoms with E-state index in [1.807, 2.05) is 0 Å². The Morgan fingerprint density at radius 2 is 2.00 bits per heavy atom. The van der Waals surface area contributed by atoms with Crippen LogP contribution in [0.3, 0.4) is 0 Å². The molecule has 0 fully saturated rings. The summed E-state index contributed by atoms with van der Waals surface area (Å²) in [5.74, 6) is 0.316. The van der Waals surface area contributed by atoms with Crippen molar-refractivity contribution in [3.8, 4) is 0 Å². The Morgan fingerprint density at radius 1 is 1.26 bits per heavy atom. The maximum absolute atomic E-state index is 11.6. The molecule has 100 valence electrons. The van der Waals surface area contributed by atoms with Gasteiger partial charge in [0, 0.05) is 18.1 Å². The lowest BCUT2D eigenvalue weighted by Gasteiger charge is -2.08. The molecule has 7 heteroatoms. The highest BCUT2D eigenvalue weighted by Crippen LogP contribution is 2.22. The van der Waals surface area contributed by atoms with E-state index in [9.17, 15) is 8.42 Å². The van der Waals surface area contributed by atoms with Gasteiger partial charge in [0.05, 0.1) is 4.90 Å². The molecular formula is C12H12ClN3O2S. The van der Waals surface area contributed by atoms with Gasteiger partial charge in [0.25, 0.3) is 0 Å². The summed E-state index contributed by atoms with van der Waals surface area (Å²) in [6, 6.07) is 6.59. The summed E-state index contributed by atoms with van der Waals surface area (Å²) in [7, 11) is -3.26. The van der Waals surface area contributed by atoms with Gasteiger partial charge in [0.1, 0.15) is 5.15 Å². The van der Waals surface area contributed by atoms with Crippen LogP contribution in [0.5, 0.6) is 0 Å². The quantitative estimate of drug-likeness (QED) is 0.882. The molecule has 0 aliphatic rings. The maximum Gasteiger partial charge on any atom is 0.228 e. The van der Waals surface area contributed by atoms with E-state index >= 15 is 0 Å². The van der Waals surface area contributed by atoms with E-state index in [0.717, 1.165) is 0 Å². The van der Waals surface area contributed by atoms with Crippen LogP contribution < -0.4 is 5.32 Å². The monoisotopic (exact) mass is 297 g/mol. The van der Waals surface area contributed by atoms with Crippen LogP contribution in [0, 0.1) is 6.92 Å². The number of aromatic nitrogens is 2. The highest BCUT2D eigenvalue weighted by molar-refractivity contribution is 7.90. The van der Waals surface area contributed by atoms with Crippen molar-refractivity contribution in [2.24, 2.45) is 0 Å². The van der Waals surface area contributed by atoms with Gasteiger partial charge < -0.3 is 5.32 Å². The first-order valence-electron chi connectivity index (χ1n) is 5.42. The lowest BCUT2D eigenvalue weighted by Crippen LogP contribution is -2.02. The summed E-state index contributed by atoms with van der Waals surface area (Å²) in [6.45, 7) is 1.75. The van der Waals surface area contributed by atoms with Crippen LogP contribution in [-0.4, -0.2) is 24.6 Å². The molecule has 0 atom stereocenters. The van der Waals surface area contributed by atoms with Crippen molar-refractivity contribution in [1.82, 2.24) is 9.97 Å². The molecule has 2 aromatic rings. The van der Waals surface area contributed by atoms with Gasteiger partial charge in [-0.2, -0.15) is 0 Å². The summed E-state index contributed by atoms with van der Waals surface area (Å²) in [5.41, 5.74) is 1.29. The van der Waals surface area contributed by atoms with Crippen LogP contribution in [0.4, 0.5) is 11.6 Å². The number of benzene rings is 1. The number of aryl methyl sites for hydroxylation is 1. The maximum atomic E-state index is 11.6. The van der Waals surface area contributed by atoms with Crippen molar-refractivity contribution in [2.75, 3.05) is 11.6 Å². The lowest BCUT2D eigenvalue weighted by atomic mass is 10.2. The summed E-state index contributed by atoms with van der Waals surface area (Å²) >= 11 is 5.75. The second-order valence-electron chi connectivity index (χ2n) is 4.08. The van der Waals surface area contributed by atoms with E-state index in [1.54, 1.807) is 31.2 Å². The molecule has 0 radical (unpaired) electrons. The fraction of sp³-hybridized carbons (Fsp3) is 0.167. The van der Waals surface area contributed by atoms with Crippen molar-refractivity contribution in [1.29, 1.82) is 0 Å². The number of nitrogens with one attached hydrogen (secondary N) is 1. The Kier molecular flexibility index (Phi) is 3.73. The molecule has 1 N–H and O–H groups in total. The van der Waals surface area contributed by atoms with E-state index in [1.165, 1.54) is 12.5 Å². The van der Waals surface area contributed by atoms with Crippen molar-refractivity contribution >= 4 is 33.1 Å². The zero-order chi connectivity index (χ0) is 14.0. The molecular weight excluding hydrogens is 286 g/mol. The van der Waals surface area contributed by atoms with Crippen molar-refractivity contribution < 1.29 is 8.42 Å². The molecule has 19 heavy (non-hydrogen) atoms. The van der Waals surface area contributed by atoms with Gasteiger partial charge in [0.15, 0.2) is 9.84 Å². The molecule has 0 aliphatic carbocycles. The van der Waals surface area contributed by atoms with E-state index in [2.05, 4.69) is 15.3 Å². The number of hydrogen-bond donors (Lipinski definition) is 1. The molecule has 0 aliphatic heterocycles. The zero-order valence-electron chi connectivity index (χ0n) is 10.4. The second-order valence-corrected chi connectivity index (χ2v) is 6.45. The third-order valence-electron chi connectivity index (χ3n) is 2.47. The SMILES string of the molecule is Cc1ccc(Nc2nccc(Cl)n2)cc1S(C)(=O)=O. The second kappa shape index (κ2) is 5.14. The van der Waals surface area contributed by atoms with Crippen LogP contribution in [-0.2, 0) is 9.84 Å². The molecule has 1 aromatic heterocycles. The number of hydrogen-bond acceptors (Lipinski definition) is 5. The average molecular weight is 298 g/mol. The van der Waals surface area contributed by atoms with Crippen molar-refractivity contribution in [3.63, 3.8) is 0 Å². The number of rotatable bonds is 3. The molecule has 0 unspecified atom stereocenters. The molecule has 5 nitrogen and oxygen atoms in total. The summed E-state index contributed by atoms with van der Waals surface area (Å²) in [5, 5.41) is 3.23. The Labute approximate surface area is 116 Å². The van der Waals surface area contributed by atoms with Gasteiger partial charge in [-0.1, -0.05) is 17.7 Å². The van der Waals surface area contributed by atoms with E-state index < -0.39 is 9.84 Å². The summed E-state index contributed by atoms with van der Waals surface area (Å²) < 4.78 is 23.3. The van der Waals surface area contributed by atoms with E-state index in [0.29, 0.717) is 22.4 Å². The van der Waals surface area contributed by atoms with Crippen LogP contribution in [0.2, 0.25) is 5.15 Å². The molecule has 1 aromatic carbocycles. The molecule has 0 bridgehead atoms. The summed E-state index contributed by atoms with van der Waals surface area (Å²) in [6.07, 6.45) is 2.69. The topological polar surface area (TPSA) is 72.0 Å². The van der Waals surface area contributed by atoms with Gasteiger partial charge >= 0.3 is 0 Å². The first-order valence-corrected chi connectivity index (χ1v) is 7.69. The van der Waals surface area contributed by atoms with Crippen molar-refractivity contribution in [2.45, 2.75) is 11.8 Å². The Morgan fingerprint density at radius 3 is 2.63 bits per heavy atom. The third-order valence-corrected chi connectivity index (χ3v) is 3.91. The van der Waals surface area contributed by atoms with Gasteiger partial charge in [-0.25, -0.2) is 18.4 Å². The third kappa shape index (κ3) is 3.42. The molecule has 0 saturated heterocycles. The van der Waals surface area contributed by atoms with Gasteiger partial charge in [-0.15, -0.1) is 0 Å². The number of anilines is 2. The minimum absolute atomic E-state index is 0.277. The van der Waals surface area contributed by atoms with E-state index in [-0.39, 0.29) is 4.90 Å². The number of sulfone groups is 1. The minimum atomic E-state index is -3.26. The zero-order valence-corrected chi connectivity index (χ0v) is 12.0. The van der Waals surface area contributed by atoms with Crippen LogP contribution in [0.25, 0.3) is 0 Å². The predicted molar refractivity (Wildman–Crippen MR) is 74.6 cm³/mol. The Bertz CT molecular complexity index is 717. The number of nitrogens with zero attached hydrogens (tertiary/aromatic N) is 2. The summed E-state index contributed by atoms with van der Waals surface area (Å²) in [4.78, 5) is 8.25.